The van der Waals surface area contributed by atoms with Crippen molar-refractivity contribution in [3.05, 3.63) is 29.7 Å². The van der Waals surface area contributed by atoms with Crippen LogP contribution in [0, 0.1) is 0 Å². The smallest absolute Gasteiger partial charge is 0.358 e. The van der Waals surface area contributed by atoms with Crippen LogP contribution in [0.15, 0.2) is 16.8 Å². The molecule has 0 radical (unpaired) electrons. The first-order chi connectivity index (χ1) is 8.36. The first-order valence-electron chi connectivity index (χ1n) is 5.45. The van der Waals surface area contributed by atoms with Gasteiger partial charge in [-0.3, -0.25) is 0 Å². The molecule has 0 spiro atoms. The minimum Gasteiger partial charge on any atom is -0.476 e. The molecule has 0 aliphatic heterocycles. The van der Waals surface area contributed by atoms with E-state index in [0.29, 0.717) is 5.89 Å². The van der Waals surface area contributed by atoms with Gasteiger partial charge in [-0.25, -0.2) is 14.5 Å². The number of hydrogen-bond acceptors (Lipinski definition) is 5. The normalized spacial score (nSPS) is 11.7. The van der Waals surface area contributed by atoms with E-state index in [1.54, 1.807) is 6.20 Å². The number of oxazole rings is 1. The van der Waals surface area contributed by atoms with E-state index >= 15 is 0 Å². The van der Waals surface area contributed by atoms with Crippen LogP contribution < -0.4 is 0 Å². The van der Waals surface area contributed by atoms with Gasteiger partial charge in [0.2, 0.25) is 5.89 Å². The van der Waals surface area contributed by atoms with Crippen molar-refractivity contribution >= 4 is 5.97 Å². The highest BCUT2D eigenvalue weighted by molar-refractivity contribution is 5.84. The van der Waals surface area contributed by atoms with Crippen LogP contribution in [-0.4, -0.2) is 31.1 Å². The van der Waals surface area contributed by atoms with E-state index in [2.05, 4.69) is 15.3 Å². The van der Waals surface area contributed by atoms with Gasteiger partial charge in [-0.2, -0.15) is 0 Å². The standard InChI is InChI=1S/C11H14N4O3/c1-11(2,3)8-4-12-9(18-8)6-15-5-7(10(16)17)13-14-15/h4-5H,6H2,1-3H3,(H,16,17). The molecule has 0 saturated carbocycles. The Balaban J connectivity index is 2.14. The average Bonchev–Trinajstić information content (AvgIpc) is 2.85. The molecule has 0 saturated heterocycles. The molecule has 0 fully saturated rings. The molecule has 0 aliphatic carbocycles. The van der Waals surface area contributed by atoms with Crippen molar-refractivity contribution in [2.24, 2.45) is 0 Å². The molecule has 7 nitrogen and oxygen atoms in total. The molecule has 2 aromatic rings. The minimum absolute atomic E-state index is 0.0994. The largest absolute Gasteiger partial charge is 0.476 e. The van der Waals surface area contributed by atoms with Crippen LogP contribution in [0.4, 0.5) is 0 Å². The van der Waals surface area contributed by atoms with E-state index in [1.165, 1.54) is 10.9 Å². The number of hydrogen-bond donors (Lipinski definition) is 1. The number of carboxylic acids is 1. The molecule has 2 aromatic heterocycles. The van der Waals surface area contributed by atoms with E-state index in [9.17, 15) is 4.79 Å². The van der Waals surface area contributed by atoms with Gasteiger partial charge in [-0.05, 0) is 0 Å². The maximum Gasteiger partial charge on any atom is 0.358 e. The second-order valence-corrected chi connectivity index (χ2v) is 4.97. The average molecular weight is 250 g/mol. The molecule has 1 N–H and O–H groups in total. The molecule has 0 amide bonds. The second kappa shape index (κ2) is 4.25. The van der Waals surface area contributed by atoms with E-state index in [1.807, 2.05) is 20.8 Å². The summed E-state index contributed by atoms with van der Waals surface area (Å²) in [6.45, 7) is 6.33. The van der Waals surface area contributed by atoms with Gasteiger partial charge in [0.1, 0.15) is 12.3 Å². The maximum absolute atomic E-state index is 10.6. The Morgan fingerprint density at radius 1 is 1.50 bits per heavy atom. The van der Waals surface area contributed by atoms with E-state index in [0.717, 1.165) is 5.76 Å². The van der Waals surface area contributed by atoms with Crippen LogP contribution in [0.1, 0.15) is 42.9 Å². The topological polar surface area (TPSA) is 94.0 Å². The van der Waals surface area contributed by atoms with Crippen molar-refractivity contribution in [3.8, 4) is 0 Å². The third-order valence-corrected chi connectivity index (χ3v) is 2.35. The summed E-state index contributed by atoms with van der Waals surface area (Å²) in [5.41, 5.74) is -0.211. The molecule has 0 aliphatic rings. The summed E-state index contributed by atoms with van der Waals surface area (Å²) in [5.74, 6) is 0.141. The third-order valence-electron chi connectivity index (χ3n) is 2.35. The summed E-state index contributed by atoms with van der Waals surface area (Å²) in [7, 11) is 0. The fourth-order valence-electron chi connectivity index (χ4n) is 1.34. The summed E-state index contributed by atoms with van der Waals surface area (Å²) in [4.78, 5) is 14.8. The Bertz CT molecular complexity index is 565. The summed E-state index contributed by atoms with van der Waals surface area (Å²) in [5, 5.41) is 15.9. The maximum atomic E-state index is 10.6. The minimum atomic E-state index is -1.11. The molecule has 96 valence electrons. The zero-order chi connectivity index (χ0) is 13.3. The summed E-state index contributed by atoms with van der Waals surface area (Å²) < 4.78 is 6.95. The van der Waals surface area contributed by atoms with Gasteiger partial charge in [0.15, 0.2) is 5.69 Å². The van der Waals surface area contributed by atoms with E-state index in [-0.39, 0.29) is 17.7 Å². The number of rotatable bonds is 3. The van der Waals surface area contributed by atoms with Crippen LogP contribution in [0.5, 0.6) is 0 Å². The molecule has 2 rings (SSSR count). The zero-order valence-corrected chi connectivity index (χ0v) is 10.4. The lowest BCUT2D eigenvalue weighted by atomic mass is 9.94. The molecular weight excluding hydrogens is 236 g/mol. The number of nitrogens with zero attached hydrogens (tertiary/aromatic N) is 4. The lowest BCUT2D eigenvalue weighted by molar-refractivity contribution is 0.0690. The molecule has 0 bridgehead atoms. The number of aromatic nitrogens is 4. The lowest BCUT2D eigenvalue weighted by Crippen LogP contribution is -2.09. The SMILES string of the molecule is CC(C)(C)c1cnc(Cn2cc(C(=O)O)nn2)o1. The lowest BCUT2D eigenvalue weighted by Gasteiger charge is -2.12. The van der Waals surface area contributed by atoms with Crippen molar-refractivity contribution in [2.75, 3.05) is 0 Å². The second-order valence-electron chi connectivity index (χ2n) is 4.97. The molecular formula is C11H14N4O3. The number of carbonyl (C=O) groups is 1. The molecule has 2 heterocycles. The monoisotopic (exact) mass is 250 g/mol. The molecule has 0 unspecified atom stereocenters. The van der Waals surface area contributed by atoms with Gasteiger partial charge in [0, 0.05) is 5.41 Å². The van der Waals surface area contributed by atoms with E-state index < -0.39 is 5.97 Å². The third kappa shape index (κ3) is 2.55. The highest BCUT2D eigenvalue weighted by Gasteiger charge is 2.19. The van der Waals surface area contributed by atoms with Crippen LogP contribution >= 0.6 is 0 Å². The Hall–Kier alpha value is -2.18. The van der Waals surface area contributed by atoms with Gasteiger partial charge >= 0.3 is 5.97 Å². The Morgan fingerprint density at radius 3 is 2.72 bits per heavy atom. The quantitative estimate of drug-likeness (QED) is 0.882. The fourth-order valence-corrected chi connectivity index (χ4v) is 1.34. The fraction of sp³-hybridized carbons (Fsp3) is 0.455. The molecule has 0 atom stereocenters. The predicted molar refractivity (Wildman–Crippen MR) is 61.3 cm³/mol. The van der Waals surface area contributed by atoms with Gasteiger partial charge in [-0.1, -0.05) is 26.0 Å². The van der Waals surface area contributed by atoms with Crippen LogP contribution in [-0.2, 0) is 12.0 Å². The van der Waals surface area contributed by atoms with Crippen molar-refractivity contribution in [1.29, 1.82) is 0 Å². The zero-order valence-electron chi connectivity index (χ0n) is 10.4. The van der Waals surface area contributed by atoms with Gasteiger partial charge in [0.05, 0.1) is 12.4 Å². The Morgan fingerprint density at radius 2 is 2.22 bits per heavy atom. The number of carboxylic acid groups (broad SMARTS) is 1. The van der Waals surface area contributed by atoms with E-state index in [4.69, 9.17) is 9.52 Å². The van der Waals surface area contributed by atoms with Crippen molar-refractivity contribution in [2.45, 2.75) is 32.7 Å². The summed E-state index contributed by atoms with van der Waals surface area (Å²) >= 11 is 0. The van der Waals surface area contributed by atoms with Crippen LogP contribution in [0.3, 0.4) is 0 Å². The first kappa shape index (κ1) is 12.3. The highest BCUT2D eigenvalue weighted by atomic mass is 16.4. The summed E-state index contributed by atoms with van der Waals surface area (Å²) in [6.07, 6.45) is 3.01. The van der Waals surface area contributed by atoms with Crippen molar-refractivity contribution in [3.63, 3.8) is 0 Å². The van der Waals surface area contributed by atoms with Crippen molar-refractivity contribution in [1.82, 2.24) is 20.0 Å². The van der Waals surface area contributed by atoms with Crippen LogP contribution in [0.25, 0.3) is 0 Å². The summed E-state index contributed by atoms with van der Waals surface area (Å²) in [6, 6.07) is 0. The Labute approximate surface area is 103 Å². The van der Waals surface area contributed by atoms with Gasteiger partial charge in [0.25, 0.3) is 0 Å². The molecule has 18 heavy (non-hydrogen) atoms. The first-order valence-corrected chi connectivity index (χ1v) is 5.45. The molecule has 0 aromatic carbocycles. The number of aromatic carboxylic acids is 1. The Kier molecular flexibility index (Phi) is 2.90. The van der Waals surface area contributed by atoms with Gasteiger partial charge < -0.3 is 9.52 Å². The van der Waals surface area contributed by atoms with Crippen molar-refractivity contribution < 1.29 is 14.3 Å². The predicted octanol–water partition coefficient (Wildman–Crippen LogP) is 1.31. The molecule has 7 heteroatoms. The highest BCUT2D eigenvalue weighted by Crippen LogP contribution is 2.22. The van der Waals surface area contributed by atoms with Gasteiger partial charge in [-0.15, -0.1) is 5.10 Å². The van der Waals surface area contributed by atoms with Crippen LogP contribution in [0.2, 0.25) is 0 Å².